The van der Waals surface area contributed by atoms with Gasteiger partial charge in [0.25, 0.3) is 0 Å². The molecular weight excluding hydrogens is 205 g/mol. The van der Waals surface area contributed by atoms with Crippen LogP contribution in [0.25, 0.3) is 0 Å². The van der Waals surface area contributed by atoms with Gasteiger partial charge in [0.05, 0.1) is 6.10 Å². The molecule has 0 aliphatic rings. The molecule has 0 amide bonds. The summed E-state index contributed by atoms with van der Waals surface area (Å²) in [4.78, 5) is 0. The molecule has 2 unspecified atom stereocenters. The van der Waals surface area contributed by atoms with Gasteiger partial charge in [-0.3, -0.25) is 0 Å². The second kappa shape index (κ2) is 6.40. The van der Waals surface area contributed by atoms with Gasteiger partial charge in [-0.05, 0) is 19.4 Å². The van der Waals surface area contributed by atoms with Gasteiger partial charge in [0.15, 0.2) is 0 Å². The summed E-state index contributed by atoms with van der Waals surface area (Å²) in [6.45, 7) is 5.79. The first-order valence-electron chi connectivity index (χ1n) is 5.42. The van der Waals surface area contributed by atoms with E-state index < -0.39 is 6.10 Å². The van der Waals surface area contributed by atoms with E-state index in [4.69, 9.17) is 0 Å². The minimum absolute atomic E-state index is 0.131. The van der Waals surface area contributed by atoms with Crippen LogP contribution >= 0.6 is 0 Å². The minimum Gasteiger partial charge on any atom is -0.392 e. The zero-order valence-electron chi connectivity index (χ0n) is 9.49. The fraction of sp³-hybridized carbons (Fsp3) is 0.385. The largest absolute Gasteiger partial charge is 0.392 e. The Morgan fingerprint density at radius 2 is 2.19 bits per heavy atom. The summed E-state index contributed by atoms with van der Waals surface area (Å²) in [6.07, 6.45) is 1.93. The maximum absolute atomic E-state index is 13.6. The maximum Gasteiger partial charge on any atom is 0.127 e. The first kappa shape index (κ1) is 12.9. The van der Waals surface area contributed by atoms with Crippen molar-refractivity contribution in [1.29, 1.82) is 0 Å². The molecule has 2 N–H and O–H groups in total. The summed E-state index contributed by atoms with van der Waals surface area (Å²) in [5.74, 6) is -0.229. The molecule has 0 radical (unpaired) electrons. The van der Waals surface area contributed by atoms with E-state index in [0.717, 1.165) is 0 Å². The third-order valence-electron chi connectivity index (χ3n) is 2.34. The molecule has 1 aromatic carbocycles. The SMILES string of the molecule is C=CCC(NCC(C)O)c1ccccc1F. The van der Waals surface area contributed by atoms with E-state index in [0.29, 0.717) is 18.5 Å². The second-order valence-corrected chi connectivity index (χ2v) is 3.86. The highest BCUT2D eigenvalue weighted by Crippen LogP contribution is 2.20. The number of halogens is 1. The standard InChI is InChI=1S/C13H18FNO/c1-3-6-13(15-9-10(2)16)11-7-4-5-8-12(11)14/h3-5,7-8,10,13,15-16H,1,6,9H2,2H3. The lowest BCUT2D eigenvalue weighted by Crippen LogP contribution is -2.29. The topological polar surface area (TPSA) is 32.3 Å². The number of aliphatic hydroxyl groups is 1. The van der Waals surface area contributed by atoms with E-state index in [1.54, 1.807) is 31.2 Å². The van der Waals surface area contributed by atoms with Gasteiger partial charge >= 0.3 is 0 Å². The zero-order valence-corrected chi connectivity index (χ0v) is 9.49. The van der Waals surface area contributed by atoms with Crippen LogP contribution in [-0.4, -0.2) is 17.8 Å². The summed E-state index contributed by atoms with van der Waals surface area (Å²) in [7, 11) is 0. The Morgan fingerprint density at radius 1 is 1.50 bits per heavy atom. The normalized spacial score (nSPS) is 14.4. The Balaban J connectivity index is 2.76. The highest BCUT2D eigenvalue weighted by atomic mass is 19.1. The van der Waals surface area contributed by atoms with Crippen molar-refractivity contribution < 1.29 is 9.50 Å². The van der Waals surface area contributed by atoms with Crippen molar-refractivity contribution in [3.8, 4) is 0 Å². The highest BCUT2D eigenvalue weighted by Gasteiger charge is 2.13. The number of nitrogens with one attached hydrogen (secondary N) is 1. The fourth-order valence-corrected chi connectivity index (χ4v) is 1.56. The van der Waals surface area contributed by atoms with Crippen molar-refractivity contribution in [2.45, 2.75) is 25.5 Å². The Kier molecular flexibility index (Phi) is 5.15. The molecule has 0 spiro atoms. The van der Waals surface area contributed by atoms with E-state index in [1.165, 1.54) is 6.07 Å². The van der Waals surface area contributed by atoms with Crippen molar-refractivity contribution >= 4 is 0 Å². The predicted molar refractivity (Wildman–Crippen MR) is 63.6 cm³/mol. The average molecular weight is 223 g/mol. The van der Waals surface area contributed by atoms with Crippen molar-refractivity contribution in [2.75, 3.05) is 6.54 Å². The van der Waals surface area contributed by atoms with Gasteiger partial charge in [0.2, 0.25) is 0 Å². The molecule has 0 aromatic heterocycles. The second-order valence-electron chi connectivity index (χ2n) is 3.86. The lowest BCUT2D eigenvalue weighted by molar-refractivity contribution is 0.186. The zero-order chi connectivity index (χ0) is 12.0. The number of benzene rings is 1. The molecule has 1 aromatic rings. The third-order valence-corrected chi connectivity index (χ3v) is 2.34. The molecule has 3 heteroatoms. The van der Waals surface area contributed by atoms with Crippen LogP contribution in [0.2, 0.25) is 0 Å². The van der Waals surface area contributed by atoms with Crippen LogP contribution in [-0.2, 0) is 0 Å². The molecule has 0 aliphatic heterocycles. The minimum atomic E-state index is -0.445. The van der Waals surface area contributed by atoms with Gasteiger partial charge in [-0.25, -0.2) is 4.39 Å². The molecule has 88 valence electrons. The number of hydrogen-bond donors (Lipinski definition) is 2. The molecule has 0 saturated heterocycles. The van der Waals surface area contributed by atoms with Gasteiger partial charge in [-0.15, -0.1) is 6.58 Å². The lowest BCUT2D eigenvalue weighted by Gasteiger charge is -2.19. The number of hydrogen-bond acceptors (Lipinski definition) is 2. The number of rotatable bonds is 6. The van der Waals surface area contributed by atoms with Crippen LogP contribution in [0, 0.1) is 5.82 Å². The van der Waals surface area contributed by atoms with Crippen molar-refractivity contribution in [3.63, 3.8) is 0 Å². The lowest BCUT2D eigenvalue weighted by atomic mass is 10.0. The molecule has 2 nitrogen and oxygen atoms in total. The van der Waals surface area contributed by atoms with Gasteiger partial charge in [-0.1, -0.05) is 24.3 Å². The van der Waals surface area contributed by atoms with Crippen LogP contribution < -0.4 is 5.32 Å². The van der Waals surface area contributed by atoms with Crippen LogP contribution in [0.5, 0.6) is 0 Å². The smallest absolute Gasteiger partial charge is 0.127 e. The maximum atomic E-state index is 13.6. The Labute approximate surface area is 95.8 Å². The molecule has 0 heterocycles. The van der Waals surface area contributed by atoms with Gasteiger partial charge in [0, 0.05) is 18.2 Å². The van der Waals surface area contributed by atoms with Crippen molar-refractivity contribution in [1.82, 2.24) is 5.32 Å². The van der Waals surface area contributed by atoms with Crippen LogP contribution in [0.4, 0.5) is 4.39 Å². The highest BCUT2D eigenvalue weighted by molar-refractivity contribution is 5.21. The molecule has 16 heavy (non-hydrogen) atoms. The van der Waals surface area contributed by atoms with Crippen LogP contribution in [0.3, 0.4) is 0 Å². The Bertz CT molecular complexity index is 338. The molecule has 0 fully saturated rings. The molecule has 0 bridgehead atoms. The Hall–Kier alpha value is -1.19. The van der Waals surface area contributed by atoms with Gasteiger partial charge < -0.3 is 10.4 Å². The van der Waals surface area contributed by atoms with Gasteiger partial charge in [0.1, 0.15) is 5.82 Å². The van der Waals surface area contributed by atoms with E-state index in [1.807, 2.05) is 0 Å². The summed E-state index contributed by atoms with van der Waals surface area (Å²) >= 11 is 0. The predicted octanol–water partition coefficient (Wildman–Crippen LogP) is 2.41. The summed E-state index contributed by atoms with van der Waals surface area (Å²) in [5, 5.41) is 12.3. The summed E-state index contributed by atoms with van der Waals surface area (Å²) in [5.41, 5.74) is 0.614. The fourth-order valence-electron chi connectivity index (χ4n) is 1.56. The van der Waals surface area contributed by atoms with E-state index in [2.05, 4.69) is 11.9 Å². The van der Waals surface area contributed by atoms with Crippen molar-refractivity contribution in [3.05, 3.63) is 48.3 Å². The molecule has 1 rings (SSSR count). The van der Waals surface area contributed by atoms with Crippen LogP contribution in [0.1, 0.15) is 24.9 Å². The quantitative estimate of drug-likeness (QED) is 0.726. The molecular formula is C13H18FNO. The average Bonchev–Trinajstić information content (AvgIpc) is 2.25. The summed E-state index contributed by atoms with van der Waals surface area (Å²) < 4.78 is 13.6. The number of aliphatic hydroxyl groups excluding tert-OH is 1. The van der Waals surface area contributed by atoms with Crippen LogP contribution in [0.15, 0.2) is 36.9 Å². The molecule has 0 aliphatic carbocycles. The summed E-state index contributed by atoms with van der Waals surface area (Å²) in [6, 6.07) is 6.53. The first-order valence-corrected chi connectivity index (χ1v) is 5.42. The monoisotopic (exact) mass is 223 g/mol. The third kappa shape index (κ3) is 3.76. The van der Waals surface area contributed by atoms with E-state index in [-0.39, 0.29) is 11.9 Å². The van der Waals surface area contributed by atoms with E-state index >= 15 is 0 Å². The first-order chi connectivity index (χ1) is 7.65. The van der Waals surface area contributed by atoms with Crippen molar-refractivity contribution in [2.24, 2.45) is 0 Å². The van der Waals surface area contributed by atoms with Gasteiger partial charge in [-0.2, -0.15) is 0 Å². The van der Waals surface area contributed by atoms with E-state index in [9.17, 15) is 9.50 Å². The molecule has 0 saturated carbocycles. The Morgan fingerprint density at radius 3 is 2.75 bits per heavy atom. The molecule has 2 atom stereocenters.